The van der Waals surface area contributed by atoms with Crippen molar-refractivity contribution < 1.29 is 13.9 Å². The second kappa shape index (κ2) is 5.03. The standard InChI is InChI=1S/C11H13FN2O2/c12-9-4-8(5-13-6-9)11(15)14-7-10-2-1-3-16-10/h4-6,10H,1-3,7H2,(H,14,15). The van der Waals surface area contributed by atoms with E-state index < -0.39 is 5.82 Å². The van der Waals surface area contributed by atoms with Gasteiger partial charge in [-0.15, -0.1) is 0 Å². The monoisotopic (exact) mass is 224 g/mol. The summed E-state index contributed by atoms with van der Waals surface area (Å²) in [5.74, 6) is -0.827. The van der Waals surface area contributed by atoms with Crippen molar-refractivity contribution in [3.05, 3.63) is 29.8 Å². The molecule has 1 aromatic heterocycles. The van der Waals surface area contributed by atoms with Crippen molar-refractivity contribution in [3.8, 4) is 0 Å². The zero-order valence-corrected chi connectivity index (χ0v) is 8.78. The Kier molecular flexibility index (Phi) is 3.46. The lowest BCUT2D eigenvalue weighted by Gasteiger charge is -2.10. The van der Waals surface area contributed by atoms with E-state index >= 15 is 0 Å². The zero-order chi connectivity index (χ0) is 11.4. The Labute approximate surface area is 92.8 Å². The second-order valence-electron chi connectivity index (χ2n) is 3.74. The molecule has 0 aliphatic carbocycles. The van der Waals surface area contributed by atoms with E-state index in [1.54, 1.807) is 0 Å². The van der Waals surface area contributed by atoms with Crippen molar-refractivity contribution in [2.24, 2.45) is 0 Å². The third-order valence-electron chi connectivity index (χ3n) is 2.48. The number of ether oxygens (including phenoxy) is 1. The molecule has 0 saturated carbocycles. The van der Waals surface area contributed by atoms with Crippen molar-refractivity contribution >= 4 is 5.91 Å². The van der Waals surface area contributed by atoms with Crippen LogP contribution >= 0.6 is 0 Å². The van der Waals surface area contributed by atoms with Crippen molar-refractivity contribution in [1.82, 2.24) is 10.3 Å². The zero-order valence-electron chi connectivity index (χ0n) is 8.78. The summed E-state index contributed by atoms with van der Waals surface area (Å²) in [7, 11) is 0. The smallest absolute Gasteiger partial charge is 0.253 e. The summed E-state index contributed by atoms with van der Waals surface area (Å²) in [5, 5.41) is 2.70. The van der Waals surface area contributed by atoms with Crippen LogP contribution in [-0.2, 0) is 4.74 Å². The minimum absolute atomic E-state index is 0.0884. The Hall–Kier alpha value is -1.49. The van der Waals surface area contributed by atoms with Crippen LogP contribution in [0, 0.1) is 5.82 Å². The number of hydrogen-bond acceptors (Lipinski definition) is 3. The summed E-state index contributed by atoms with van der Waals surface area (Å²) >= 11 is 0. The first-order chi connectivity index (χ1) is 7.75. The van der Waals surface area contributed by atoms with Gasteiger partial charge in [0.15, 0.2) is 0 Å². The fourth-order valence-electron chi connectivity index (χ4n) is 1.65. The molecule has 16 heavy (non-hydrogen) atoms. The molecule has 0 aromatic carbocycles. The summed E-state index contributed by atoms with van der Waals surface area (Å²) in [6.45, 7) is 1.22. The predicted octanol–water partition coefficient (Wildman–Crippen LogP) is 1.13. The molecule has 0 radical (unpaired) electrons. The molecule has 0 bridgehead atoms. The molecule has 2 rings (SSSR count). The van der Waals surface area contributed by atoms with Gasteiger partial charge in [0.2, 0.25) is 0 Å². The molecule has 1 atom stereocenters. The average molecular weight is 224 g/mol. The number of carbonyl (C=O) groups is 1. The molecule has 5 heteroatoms. The minimum Gasteiger partial charge on any atom is -0.376 e. The largest absolute Gasteiger partial charge is 0.376 e. The molecule has 1 fully saturated rings. The Morgan fingerprint density at radius 3 is 3.19 bits per heavy atom. The van der Waals surface area contributed by atoms with Crippen molar-refractivity contribution in [3.63, 3.8) is 0 Å². The molecular weight excluding hydrogens is 211 g/mol. The second-order valence-corrected chi connectivity index (χ2v) is 3.74. The molecule has 1 unspecified atom stereocenters. The van der Waals surface area contributed by atoms with E-state index in [-0.39, 0.29) is 17.6 Å². The summed E-state index contributed by atoms with van der Waals surface area (Å²) in [6.07, 6.45) is 4.49. The minimum atomic E-state index is -0.509. The van der Waals surface area contributed by atoms with Gasteiger partial charge < -0.3 is 10.1 Å². The van der Waals surface area contributed by atoms with E-state index in [1.807, 2.05) is 0 Å². The summed E-state index contributed by atoms with van der Waals surface area (Å²) in [6, 6.07) is 1.16. The Balaban J connectivity index is 1.87. The summed E-state index contributed by atoms with van der Waals surface area (Å²) in [5.41, 5.74) is 0.234. The molecule has 86 valence electrons. The molecule has 1 saturated heterocycles. The van der Waals surface area contributed by atoms with Gasteiger partial charge in [0.25, 0.3) is 5.91 Å². The number of halogens is 1. The highest BCUT2D eigenvalue weighted by Crippen LogP contribution is 2.10. The first-order valence-electron chi connectivity index (χ1n) is 5.26. The number of nitrogens with one attached hydrogen (secondary N) is 1. The van der Waals surface area contributed by atoms with Crippen LogP contribution in [-0.4, -0.2) is 30.1 Å². The molecule has 1 aliphatic heterocycles. The van der Waals surface area contributed by atoms with Gasteiger partial charge in [-0.1, -0.05) is 0 Å². The van der Waals surface area contributed by atoms with Gasteiger partial charge >= 0.3 is 0 Å². The first-order valence-corrected chi connectivity index (χ1v) is 5.26. The van der Waals surface area contributed by atoms with Crippen LogP contribution in [0.15, 0.2) is 18.5 Å². The van der Waals surface area contributed by atoms with Gasteiger partial charge in [-0.05, 0) is 18.9 Å². The van der Waals surface area contributed by atoms with Crippen molar-refractivity contribution in [2.75, 3.05) is 13.2 Å². The predicted molar refractivity (Wildman–Crippen MR) is 55.5 cm³/mol. The lowest BCUT2D eigenvalue weighted by atomic mass is 10.2. The number of pyridine rings is 1. The highest BCUT2D eigenvalue weighted by Gasteiger charge is 2.16. The summed E-state index contributed by atoms with van der Waals surface area (Å²) in [4.78, 5) is 15.2. The molecule has 1 amide bonds. The van der Waals surface area contributed by atoms with Gasteiger partial charge in [-0.3, -0.25) is 9.78 Å². The number of nitrogens with zero attached hydrogens (tertiary/aromatic N) is 1. The van der Waals surface area contributed by atoms with E-state index in [9.17, 15) is 9.18 Å². The molecule has 2 heterocycles. The lowest BCUT2D eigenvalue weighted by molar-refractivity contribution is 0.0857. The van der Waals surface area contributed by atoms with E-state index in [1.165, 1.54) is 6.20 Å². The SMILES string of the molecule is O=C(NCC1CCCO1)c1cncc(F)c1. The maximum Gasteiger partial charge on any atom is 0.253 e. The Morgan fingerprint density at radius 1 is 1.62 bits per heavy atom. The van der Waals surface area contributed by atoms with Gasteiger partial charge in [-0.25, -0.2) is 4.39 Å². The van der Waals surface area contributed by atoms with E-state index in [4.69, 9.17) is 4.74 Å². The van der Waals surface area contributed by atoms with E-state index in [0.29, 0.717) is 6.54 Å². The molecule has 1 aliphatic rings. The third kappa shape index (κ3) is 2.76. The molecule has 1 N–H and O–H groups in total. The van der Waals surface area contributed by atoms with Gasteiger partial charge in [-0.2, -0.15) is 0 Å². The van der Waals surface area contributed by atoms with Crippen LogP contribution < -0.4 is 5.32 Å². The van der Waals surface area contributed by atoms with Crippen molar-refractivity contribution in [1.29, 1.82) is 0 Å². The highest BCUT2D eigenvalue weighted by molar-refractivity contribution is 5.93. The average Bonchev–Trinajstić information content (AvgIpc) is 2.78. The van der Waals surface area contributed by atoms with E-state index in [0.717, 1.165) is 31.7 Å². The Morgan fingerprint density at radius 2 is 2.50 bits per heavy atom. The van der Waals surface area contributed by atoms with E-state index in [2.05, 4.69) is 10.3 Å². The summed E-state index contributed by atoms with van der Waals surface area (Å²) < 4.78 is 18.2. The maximum atomic E-state index is 12.8. The molecule has 4 nitrogen and oxygen atoms in total. The molecular formula is C11H13FN2O2. The van der Waals surface area contributed by atoms with Gasteiger partial charge in [0.05, 0.1) is 17.9 Å². The van der Waals surface area contributed by atoms with Gasteiger partial charge in [0.1, 0.15) is 5.82 Å². The topological polar surface area (TPSA) is 51.2 Å². The number of carbonyl (C=O) groups excluding carboxylic acids is 1. The fourth-order valence-corrected chi connectivity index (χ4v) is 1.65. The maximum absolute atomic E-state index is 12.8. The molecule has 1 aromatic rings. The normalized spacial score (nSPS) is 19.7. The lowest BCUT2D eigenvalue weighted by Crippen LogP contribution is -2.31. The van der Waals surface area contributed by atoms with Crippen LogP contribution in [0.25, 0.3) is 0 Å². The molecule has 0 spiro atoms. The number of hydrogen-bond donors (Lipinski definition) is 1. The van der Waals surface area contributed by atoms with Gasteiger partial charge in [0, 0.05) is 19.3 Å². The van der Waals surface area contributed by atoms with Crippen LogP contribution in [0.1, 0.15) is 23.2 Å². The number of amides is 1. The number of rotatable bonds is 3. The Bertz CT molecular complexity index is 378. The van der Waals surface area contributed by atoms with Crippen molar-refractivity contribution in [2.45, 2.75) is 18.9 Å². The highest BCUT2D eigenvalue weighted by atomic mass is 19.1. The van der Waals surface area contributed by atoms with Crippen LogP contribution in [0.2, 0.25) is 0 Å². The van der Waals surface area contributed by atoms with Crippen LogP contribution in [0.3, 0.4) is 0 Å². The first kappa shape index (κ1) is 11.0. The van der Waals surface area contributed by atoms with Crippen LogP contribution in [0.4, 0.5) is 4.39 Å². The third-order valence-corrected chi connectivity index (χ3v) is 2.48. The fraction of sp³-hybridized carbons (Fsp3) is 0.455. The quantitative estimate of drug-likeness (QED) is 0.837. The number of aromatic nitrogens is 1. The van der Waals surface area contributed by atoms with Crippen LogP contribution in [0.5, 0.6) is 0 Å².